The van der Waals surface area contributed by atoms with Crippen molar-refractivity contribution < 1.29 is 24.2 Å². The van der Waals surface area contributed by atoms with Gasteiger partial charge in [-0.25, -0.2) is 4.79 Å². The van der Waals surface area contributed by atoms with Crippen LogP contribution in [0.25, 0.3) is 0 Å². The molecular weight excluding hydrogens is 274 g/mol. The number of nitrogens with one attached hydrogen (secondary N) is 1. The molecule has 1 saturated carbocycles. The molecule has 1 aliphatic carbocycles. The molecule has 1 aliphatic rings. The van der Waals surface area contributed by atoms with Gasteiger partial charge in [0.15, 0.2) is 0 Å². The molecule has 2 rings (SSSR count). The highest BCUT2D eigenvalue weighted by Gasteiger charge is 2.37. The number of aliphatic carboxylic acids is 1. The number of carbonyl (C=O) groups excluding carboxylic acids is 2. The molecule has 0 aliphatic heterocycles. The minimum Gasteiger partial charge on any atom is -0.481 e. The molecule has 1 fully saturated rings. The SMILES string of the molecule is COC(=O)c1ccccc1NC(=O)C1CCCC1C(=O)O. The number of rotatable bonds is 4. The number of carboxylic acids is 1. The number of methoxy groups -OCH3 is 1. The Labute approximate surface area is 122 Å². The average Bonchev–Trinajstić information content (AvgIpc) is 2.96. The lowest BCUT2D eigenvalue weighted by Crippen LogP contribution is -2.30. The molecule has 6 nitrogen and oxygen atoms in total. The molecule has 1 aromatic rings. The van der Waals surface area contributed by atoms with Gasteiger partial charge in [0.25, 0.3) is 0 Å². The van der Waals surface area contributed by atoms with E-state index in [0.717, 1.165) is 0 Å². The quantitative estimate of drug-likeness (QED) is 0.827. The second-order valence-corrected chi connectivity index (χ2v) is 5.01. The molecule has 0 saturated heterocycles. The monoisotopic (exact) mass is 291 g/mol. The summed E-state index contributed by atoms with van der Waals surface area (Å²) in [6.45, 7) is 0. The molecule has 0 aromatic heterocycles. The summed E-state index contributed by atoms with van der Waals surface area (Å²) >= 11 is 0. The van der Waals surface area contributed by atoms with Crippen molar-refractivity contribution in [3.8, 4) is 0 Å². The molecule has 1 aromatic carbocycles. The third-order valence-electron chi connectivity index (χ3n) is 3.76. The third-order valence-corrected chi connectivity index (χ3v) is 3.76. The van der Waals surface area contributed by atoms with Crippen molar-refractivity contribution in [1.82, 2.24) is 0 Å². The van der Waals surface area contributed by atoms with E-state index in [2.05, 4.69) is 10.1 Å². The second-order valence-electron chi connectivity index (χ2n) is 5.01. The fourth-order valence-corrected chi connectivity index (χ4v) is 2.67. The van der Waals surface area contributed by atoms with Crippen molar-refractivity contribution in [2.75, 3.05) is 12.4 Å². The summed E-state index contributed by atoms with van der Waals surface area (Å²) in [4.78, 5) is 35.0. The van der Waals surface area contributed by atoms with Crippen LogP contribution < -0.4 is 5.32 Å². The van der Waals surface area contributed by atoms with E-state index >= 15 is 0 Å². The Morgan fingerprint density at radius 3 is 2.52 bits per heavy atom. The molecule has 2 unspecified atom stereocenters. The van der Waals surface area contributed by atoms with Crippen LogP contribution in [0.2, 0.25) is 0 Å². The minimum atomic E-state index is -0.950. The van der Waals surface area contributed by atoms with Gasteiger partial charge >= 0.3 is 11.9 Å². The van der Waals surface area contributed by atoms with Crippen molar-refractivity contribution in [2.45, 2.75) is 19.3 Å². The zero-order chi connectivity index (χ0) is 15.4. The van der Waals surface area contributed by atoms with E-state index in [-0.39, 0.29) is 11.5 Å². The lowest BCUT2D eigenvalue weighted by molar-refractivity contribution is -0.145. The molecule has 0 bridgehead atoms. The number of benzene rings is 1. The van der Waals surface area contributed by atoms with Gasteiger partial charge in [0.05, 0.1) is 30.2 Å². The van der Waals surface area contributed by atoms with Gasteiger partial charge in [0.2, 0.25) is 5.91 Å². The maximum absolute atomic E-state index is 12.3. The average molecular weight is 291 g/mol. The van der Waals surface area contributed by atoms with Crippen molar-refractivity contribution in [1.29, 1.82) is 0 Å². The number of hydrogen-bond acceptors (Lipinski definition) is 4. The molecule has 21 heavy (non-hydrogen) atoms. The van der Waals surface area contributed by atoms with E-state index in [0.29, 0.717) is 24.9 Å². The van der Waals surface area contributed by atoms with Crippen molar-refractivity contribution in [2.24, 2.45) is 11.8 Å². The molecular formula is C15H17NO5. The first-order valence-corrected chi connectivity index (χ1v) is 6.75. The van der Waals surface area contributed by atoms with E-state index in [1.165, 1.54) is 7.11 Å². The Bertz CT molecular complexity index is 569. The molecule has 0 radical (unpaired) electrons. The van der Waals surface area contributed by atoms with Crippen LogP contribution in [-0.2, 0) is 14.3 Å². The lowest BCUT2D eigenvalue weighted by atomic mass is 9.95. The lowest BCUT2D eigenvalue weighted by Gasteiger charge is -2.16. The van der Waals surface area contributed by atoms with E-state index < -0.39 is 23.8 Å². The van der Waals surface area contributed by atoms with E-state index in [1.54, 1.807) is 24.3 Å². The van der Waals surface area contributed by atoms with Crippen LogP contribution >= 0.6 is 0 Å². The number of amides is 1. The Balaban J connectivity index is 2.17. The first-order chi connectivity index (χ1) is 10.0. The predicted octanol–water partition coefficient (Wildman–Crippen LogP) is 1.91. The summed E-state index contributed by atoms with van der Waals surface area (Å²) in [5, 5.41) is 11.8. The number of carbonyl (C=O) groups is 3. The fourth-order valence-electron chi connectivity index (χ4n) is 2.67. The van der Waals surface area contributed by atoms with Gasteiger partial charge in [-0.1, -0.05) is 18.6 Å². The minimum absolute atomic E-state index is 0.248. The van der Waals surface area contributed by atoms with E-state index in [1.807, 2.05) is 0 Å². The van der Waals surface area contributed by atoms with Gasteiger partial charge in [0.1, 0.15) is 0 Å². The van der Waals surface area contributed by atoms with Gasteiger partial charge < -0.3 is 15.2 Å². The highest BCUT2D eigenvalue weighted by atomic mass is 16.5. The molecule has 112 valence electrons. The molecule has 6 heteroatoms. The zero-order valence-electron chi connectivity index (χ0n) is 11.7. The molecule has 2 N–H and O–H groups in total. The number of esters is 1. The van der Waals surface area contributed by atoms with Crippen LogP contribution in [0.1, 0.15) is 29.6 Å². The number of ether oxygens (including phenoxy) is 1. The second kappa shape index (κ2) is 6.39. The highest BCUT2D eigenvalue weighted by Crippen LogP contribution is 2.33. The maximum Gasteiger partial charge on any atom is 0.339 e. The van der Waals surface area contributed by atoms with Gasteiger partial charge in [0, 0.05) is 0 Å². The normalized spacial score (nSPS) is 20.8. The van der Waals surface area contributed by atoms with Crippen LogP contribution in [0.15, 0.2) is 24.3 Å². The van der Waals surface area contributed by atoms with Gasteiger partial charge in [-0.2, -0.15) is 0 Å². The zero-order valence-corrected chi connectivity index (χ0v) is 11.7. The Hall–Kier alpha value is -2.37. The first kappa shape index (κ1) is 15.0. The number of para-hydroxylation sites is 1. The molecule has 1 amide bonds. The van der Waals surface area contributed by atoms with Crippen molar-refractivity contribution in [3.05, 3.63) is 29.8 Å². The van der Waals surface area contributed by atoms with Gasteiger partial charge in [-0.15, -0.1) is 0 Å². The van der Waals surface area contributed by atoms with Crippen molar-refractivity contribution in [3.63, 3.8) is 0 Å². The van der Waals surface area contributed by atoms with Crippen LogP contribution in [0.3, 0.4) is 0 Å². The highest BCUT2D eigenvalue weighted by molar-refractivity contribution is 6.02. The molecule has 0 spiro atoms. The van der Waals surface area contributed by atoms with Crippen LogP contribution in [0.5, 0.6) is 0 Å². The van der Waals surface area contributed by atoms with Crippen LogP contribution in [0, 0.1) is 11.8 Å². The Morgan fingerprint density at radius 2 is 1.86 bits per heavy atom. The van der Waals surface area contributed by atoms with Crippen LogP contribution in [-0.4, -0.2) is 30.1 Å². The number of anilines is 1. The summed E-state index contributed by atoms with van der Waals surface area (Å²) in [5.74, 6) is -3.08. The largest absolute Gasteiger partial charge is 0.481 e. The summed E-state index contributed by atoms with van der Waals surface area (Å²) in [6.07, 6.45) is 1.77. The van der Waals surface area contributed by atoms with Gasteiger partial charge in [-0.05, 0) is 25.0 Å². The van der Waals surface area contributed by atoms with Crippen LogP contribution in [0.4, 0.5) is 5.69 Å². The number of carboxylic acid groups (broad SMARTS) is 1. The first-order valence-electron chi connectivity index (χ1n) is 6.75. The van der Waals surface area contributed by atoms with E-state index in [9.17, 15) is 14.4 Å². The van der Waals surface area contributed by atoms with Gasteiger partial charge in [-0.3, -0.25) is 9.59 Å². The Morgan fingerprint density at radius 1 is 1.19 bits per heavy atom. The standard InChI is InChI=1S/C15H17NO5/c1-21-15(20)11-5-2-3-8-12(11)16-13(17)9-6-4-7-10(9)14(18)19/h2-3,5,8-10H,4,6-7H2,1H3,(H,16,17)(H,18,19). The smallest absolute Gasteiger partial charge is 0.339 e. The molecule has 0 heterocycles. The van der Waals surface area contributed by atoms with E-state index in [4.69, 9.17) is 5.11 Å². The topological polar surface area (TPSA) is 92.7 Å². The summed E-state index contributed by atoms with van der Waals surface area (Å²) < 4.78 is 4.66. The predicted molar refractivity (Wildman–Crippen MR) is 74.9 cm³/mol. The number of hydrogen-bond donors (Lipinski definition) is 2. The molecule has 2 atom stereocenters. The summed E-state index contributed by atoms with van der Waals surface area (Å²) in [5.41, 5.74) is 0.587. The van der Waals surface area contributed by atoms with Crippen molar-refractivity contribution >= 4 is 23.5 Å². The summed E-state index contributed by atoms with van der Waals surface area (Å²) in [6, 6.07) is 6.49. The fraction of sp³-hybridized carbons (Fsp3) is 0.400. The maximum atomic E-state index is 12.3. The Kier molecular flexibility index (Phi) is 4.57. The summed E-state index contributed by atoms with van der Waals surface area (Å²) in [7, 11) is 1.26. The third kappa shape index (κ3) is 3.21.